The number of hydrogen-bond donors (Lipinski definition) is 0. The molecule has 1 aliphatic heterocycles. The van der Waals surface area contributed by atoms with Gasteiger partial charge in [0.25, 0.3) is 0 Å². The number of nitrogens with zero attached hydrogens (tertiary/aromatic N) is 4. The van der Waals surface area contributed by atoms with Crippen molar-refractivity contribution in [2.45, 2.75) is 32.4 Å². The minimum atomic E-state index is 0.228. The molecule has 3 aromatic rings. The molecule has 7 heteroatoms. The number of benzene rings is 1. The van der Waals surface area contributed by atoms with E-state index in [1.54, 1.807) is 11.3 Å². The SMILES string of the molecule is CN(Cc1cccc(OCC2CCCN(C(=O)Cc3ccsc3)C2)c1)Cc1cnn(C)c1. The van der Waals surface area contributed by atoms with Gasteiger partial charge in [0, 0.05) is 50.9 Å². The molecule has 0 bridgehead atoms. The van der Waals surface area contributed by atoms with Crippen molar-refractivity contribution >= 4 is 17.2 Å². The molecule has 1 unspecified atom stereocenters. The summed E-state index contributed by atoms with van der Waals surface area (Å²) in [5.41, 5.74) is 3.55. The molecule has 4 rings (SSSR count). The molecule has 1 amide bonds. The van der Waals surface area contributed by atoms with Crippen molar-refractivity contribution in [2.24, 2.45) is 13.0 Å². The van der Waals surface area contributed by atoms with Crippen LogP contribution in [0.1, 0.15) is 29.5 Å². The van der Waals surface area contributed by atoms with Gasteiger partial charge in [-0.1, -0.05) is 12.1 Å². The maximum absolute atomic E-state index is 12.6. The molecule has 1 aromatic carbocycles. The van der Waals surface area contributed by atoms with Crippen LogP contribution in [0.3, 0.4) is 0 Å². The van der Waals surface area contributed by atoms with E-state index in [1.807, 2.05) is 40.3 Å². The number of carbonyl (C=O) groups excluding carboxylic acids is 1. The first kappa shape index (κ1) is 22.6. The first-order valence-corrected chi connectivity index (χ1v) is 12.2. The highest BCUT2D eigenvalue weighted by atomic mass is 32.1. The lowest BCUT2D eigenvalue weighted by Crippen LogP contribution is -2.42. The number of aryl methyl sites for hydroxylation is 1. The van der Waals surface area contributed by atoms with E-state index < -0.39 is 0 Å². The van der Waals surface area contributed by atoms with Gasteiger partial charge < -0.3 is 9.64 Å². The Hall–Kier alpha value is -2.64. The molecule has 1 fully saturated rings. The van der Waals surface area contributed by atoms with Gasteiger partial charge in [0.15, 0.2) is 0 Å². The standard InChI is InChI=1S/C25H32N4O2S/c1-27(15-23-13-26-28(2)16-23)14-20-5-3-7-24(11-20)31-18-22-6-4-9-29(17-22)25(30)12-21-8-10-32-19-21/h3,5,7-8,10-11,13,16,19,22H,4,6,9,12,14-15,17-18H2,1-2H3. The highest BCUT2D eigenvalue weighted by molar-refractivity contribution is 7.08. The molecule has 6 nitrogen and oxygen atoms in total. The molecule has 2 aromatic heterocycles. The number of piperidine rings is 1. The van der Waals surface area contributed by atoms with Crippen molar-refractivity contribution < 1.29 is 9.53 Å². The molecule has 32 heavy (non-hydrogen) atoms. The van der Waals surface area contributed by atoms with Gasteiger partial charge in [-0.3, -0.25) is 14.4 Å². The van der Waals surface area contributed by atoms with E-state index in [-0.39, 0.29) is 5.91 Å². The zero-order chi connectivity index (χ0) is 22.3. The monoisotopic (exact) mass is 452 g/mol. The van der Waals surface area contributed by atoms with Crippen LogP contribution in [0, 0.1) is 5.92 Å². The highest BCUT2D eigenvalue weighted by Gasteiger charge is 2.24. The van der Waals surface area contributed by atoms with Crippen molar-refractivity contribution in [1.82, 2.24) is 19.6 Å². The third kappa shape index (κ3) is 6.43. The minimum absolute atomic E-state index is 0.228. The van der Waals surface area contributed by atoms with Crippen LogP contribution < -0.4 is 4.74 Å². The molecule has 0 spiro atoms. The Morgan fingerprint density at radius 3 is 2.91 bits per heavy atom. The first-order valence-electron chi connectivity index (χ1n) is 11.2. The molecule has 170 valence electrons. The van der Waals surface area contributed by atoms with E-state index in [0.29, 0.717) is 18.9 Å². The second kappa shape index (κ2) is 10.8. The Labute approximate surface area is 194 Å². The third-order valence-corrected chi connectivity index (χ3v) is 6.59. The smallest absolute Gasteiger partial charge is 0.227 e. The van der Waals surface area contributed by atoms with Gasteiger partial charge >= 0.3 is 0 Å². The van der Waals surface area contributed by atoms with Crippen LogP contribution in [0.5, 0.6) is 5.75 Å². The van der Waals surface area contributed by atoms with E-state index in [4.69, 9.17) is 4.74 Å². The van der Waals surface area contributed by atoms with Gasteiger partial charge in [-0.15, -0.1) is 0 Å². The summed E-state index contributed by atoms with van der Waals surface area (Å²) < 4.78 is 7.99. The number of ether oxygens (including phenoxy) is 1. The average molecular weight is 453 g/mol. The minimum Gasteiger partial charge on any atom is -0.493 e. The molecular formula is C25H32N4O2S. The zero-order valence-corrected chi connectivity index (χ0v) is 19.8. The second-order valence-electron chi connectivity index (χ2n) is 8.81. The van der Waals surface area contributed by atoms with Crippen LogP contribution in [-0.4, -0.2) is 52.2 Å². The molecular weight excluding hydrogens is 420 g/mol. The van der Waals surface area contributed by atoms with Crippen molar-refractivity contribution in [3.05, 3.63) is 70.2 Å². The Kier molecular flexibility index (Phi) is 7.60. The Morgan fingerprint density at radius 2 is 2.12 bits per heavy atom. The molecule has 3 heterocycles. The molecule has 0 aliphatic carbocycles. The van der Waals surface area contributed by atoms with Gasteiger partial charge in [0.05, 0.1) is 19.2 Å². The van der Waals surface area contributed by atoms with Crippen LogP contribution in [-0.2, 0) is 31.4 Å². The number of rotatable bonds is 9. The topological polar surface area (TPSA) is 50.6 Å². The van der Waals surface area contributed by atoms with E-state index in [9.17, 15) is 4.79 Å². The van der Waals surface area contributed by atoms with Gasteiger partial charge in [0.2, 0.25) is 5.91 Å². The predicted molar refractivity (Wildman–Crippen MR) is 128 cm³/mol. The number of carbonyl (C=O) groups is 1. The largest absolute Gasteiger partial charge is 0.493 e. The Bertz CT molecular complexity index is 1000. The number of likely N-dealkylation sites (tertiary alicyclic amines) is 1. The molecule has 1 atom stereocenters. The normalized spacial score (nSPS) is 16.5. The third-order valence-electron chi connectivity index (χ3n) is 5.85. The van der Waals surface area contributed by atoms with Crippen LogP contribution in [0.15, 0.2) is 53.5 Å². The summed E-state index contributed by atoms with van der Waals surface area (Å²) >= 11 is 1.64. The molecule has 1 aliphatic rings. The summed E-state index contributed by atoms with van der Waals surface area (Å²) in [6.45, 7) is 4.00. The van der Waals surface area contributed by atoms with E-state index in [0.717, 1.165) is 50.3 Å². The van der Waals surface area contributed by atoms with E-state index in [1.165, 1.54) is 11.1 Å². The zero-order valence-electron chi connectivity index (χ0n) is 18.9. The van der Waals surface area contributed by atoms with Crippen molar-refractivity contribution in [2.75, 3.05) is 26.7 Å². The number of amides is 1. The maximum Gasteiger partial charge on any atom is 0.227 e. The van der Waals surface area contributed by atoms with Gasteiger partial charge in [0.1, 0.15) is 5.75 Å². The van der Waals surface area contributed by atoms with Crippen molar-refractivity contribution in [3.8, 4) is 5.75 Å². The predicted octanol–water partition coefficient (Wildman–Crippen LogP) is 3.97. The number of thiophene rings is 1. The number of aromatic nitrogens is 2. The first-order chi connectivity index (χ1) is 15.5. The Morgan fingerprint density at radius 1 is 1.25 bits per heavy atom. The summed E-state index contributed by atoms with van der Waals surface area (Å²) in [4.78, 5) is 16.9. The van der Waals surface area contributed by atoms with Gasteiger partial charge in [-0.05, 0) is 60.0 Å². The van der Waals surface area contributed by atoms with Crippen LogP contribution in [0.2, 0.25) is 0 Å². The van der Waals surface area contributed by atoms with Gasteiger partial charge in [-0.2, -0.15) is 16.4 Å². The lowest BCUT2D eigenvalue weighted by Gasteiger charge is -2.32. The average Bonchev–Trinajstić information content (AvgIpc) is 3.44. The molecule has 1 saturated heterocycles. The van der Waals surface area contributed by atoms with Gasteiger partial charge in [-0.25, -0.2) is 0 Å². The van der Waals surface area contributed by atoms with Crippen molar-refractivity contribution in [1.29, 1.82) is 0 Å². The van der Waals surface area contributed by atoms with Crippen LogP contribution >= 0.6 is 11.3 Å². The fraction of sp³-hybridized carbons (Fsp3) is 0.440. The molecule has 0 radical (unpaired) electrons. The summed E-state index contributed by atoms with van der Waals surface area (Å²) in [6, 6.07) is 10.4. The maximum atomic E-state index is 12.6. The van der Waals surface area contributed by atoms with Crippen LogP contribution in [0.25, 0.3) is 0 Å². The van der Waals surface area contributed by atoms with Crippen molar-refractivity contribution in [3.63, 3.8) is 0 Å². The fourth-order valence-electron chi connectivity index (χ4n) is 4.29. The Balaban J connectivity index is 1.25. The highest BCUT2D eigenvalue weighted by Crippen LogP contribution is 2.21. The summed E-state index contributed by atoms with van der Waals surface area (Å²) in [6.07, 6.45) is 6.62. The fourth-order valence-corrected chi connectivity index (χ4v) is 4.96. The summed E-state index contributed by atoms with van der Waals surface area (Å²) in [7, 11) is 4.06. The summed E-state index contributed by atoms with van der Waals surface area (Å²) in [5, 5.41) is 8.33. The van der Waals surface area contributed by atoms with E-state index >= 15 is 0 Å². The molecule has 0 saturated carbocycles. The number of hydrogen-bond acceptors (Lipinski definition) is 5. The second-order valence-corrected chi connectivity index (χ2v) is 9.59. The van der Waals surface area contributed by atoms with E-state index in [2.05, 4.69) is 46.8 Å². The molecule has 0 N–H and O–H groups in total. The lowest BCUT2D eigenvalue weighted by molar-refractivity contribution is -0.132. The summed E-state index contributed by atoms with van der Waals surface area (Å²) in [5.74, 6) is 1.51. The quantitative estimate of drug-likeness (QED) is 0.493. The lowest BCUT2D eigenvalue weighted by atomic mass is 9.98. The van der Waals surface area contributed by atoms with Crippen LogP contribution in [0.4, 0.5) is 0 Å².